The van der Waals surface area contributed by atoms with Gasteiger partial charge in [-0.15, -0.1) is 0 Å². The molecular weight excluding hydrogens is 610 g/mol. The first-order chi connectivity index (χ1) is 23.9. The van der Waals surface area contributed by atoms with Gasteiger partial charge in [-0.05, 0) is 55.4 Å². The van der Waals surface area contributed by atoms with E-state index in [2.05, 4.69) is 54.6 Å². The first-order valence-corrected chi connectivity index (χ1v) is 17.8. The number of quaternary nitrogens is 1. The van der Waals surface area contributed by atoms with Gasteiger partial charge in [0.05, 0.1) is 40.0 Å². The first kappa shape index (κ1) is 36.1. The van der Waals surface area contributed by atoms with Gasteiger partial charge in [0.1, 0.15) is 18.4 Å². The van der Waals surface area contributed by atoms with Crippen LogP contribution in [0.2, 0.25) is 0 Å². The number of rotatable bonds is 17. The number of nitrogens with zero attached hydrogens (tertiary/aromatic N) is 2. The van der Waals surface area contributed by atoms with E-state index in [9.17, 15) is 4.79 Å². The fraction of sp³-hybridized carbons (Fsp3) is 0.405. The number of nitrogens with one attached hydrogen (secondary N) is 1. The number of ether oxygens (including phenoxy) is 3. The molecule has 7 nitrogen and oxygen atoms in total. The van der Waals surface area contributed by atoms with Crippen LogP contribution in [0.4, 0.5) is 10.5 Å². The van der Waals surface area contributed by atoms with E-state index in [0.717, 1.165) is 84.7 Å². The number of carbonyl (C=O) groups excluding carboxylic acids is 1. The van der Waals surface area contributed by atoms with E-state index >= 15 is 0 Å². The molecule has 5 rings (SSSR count). The molecule has 0 bridgehead atoms. The molecule has 0 radical (unpaired) electrons. The van der Waals surface area contributed by atoms with Crippen LogP contribution in [0, 0.1) is 0 Å². The molecule has 260 valence electrons. The van der Waals surface area contributed by atoms with Gasteiger partial charge < -0.3 is 18.7 Å². The second kappa shape index (κ2) is 18.6. The minimum Gasteiger partial charge on any atom is -0.496 e. The number of hydrogen-bond acceptors (Lipinski definition) is 5. The van der Waals surface area contributed by atoms with Crippen molar-refractivity contribution in [2.24, 2.45) is 0 Å². The van der Waals surface area contributed by atoms with Crippen molar-refractivity contribution in [3.63, 3.8) is 0 Å². The van der Waals surface area contributed by atoms with Crippen LogP contribution in [0.5, 0.6) is 5.75 Å². The van der Waals surface area contributed by atoms with Crippen LogP contribution in [0.3, 0.4) is 0 Å². The lowest BCUT2D eigenvalue weighted by atomic mass is 10.0. The maximum Gasteiger partial charge on any atom is 0.411 e. The van der Waals surface area contributed by atoms with Crippen molar-refractivity contribution in [3.05, 3.63) is 120 Å². The van der Waals surface area contributed by atoms with Crippen molar-refractivity contribution in [1.82, 2.24) is 4.90 Å². The van der Waals surface area contributed by atoms with Gasteiger partial charge in [-0.1, -0.05) is 97.4 Å². The number of unbranched alkanes of at least 4 members (excludes halogenated alkanes) is 3. The fourth-order valence-electron chi connectivity index (χ4n) is 6.62. The highest BCUT2D eigenvalue weighted by Gasteiger charge is 2.23. The van der Waals surface area contributed by atoms with Crippen molar-refractivity contribution in [2.75, 3.05) is 52.8 Å². The predicted molar refractivity (Wildman–Crippen MR) is 199 cm³/mol. The Balaban J connectivity index is 0.951. The van der Waals surface area contributed by atoms with Crippen LogP contribution in [0.1, 0.15) is 55.2 Å². The van der Waals surface area contributed by atoms with Gasteiger partial charge in [0.15, 0.2) is 0 Å². The Bertz CT molecular complexity index is 1570. The van der Waals surface area contributed by atoms with Crippen molar-refractivity contribution < 1.29 is 23.5 Å². The maximum absolute atomic E-state index is 12.8. The molecule has 1 aliphatic rings. The second-order valence-electron chi connectivity index (χ2n) is 13.8. The Kier molecular flexibility index (Phi) is 13.7. The molecule has 1 aliphatic heterocycles. The number of piperidine rings is 1. The Hall–Kier alpha value is -4.17. The standard InChI is InChI=1S/C42H53N3O4/c1-45(2,29-13-4-5-14-30-48-33-37-17-9-12-20-41(37)47-3)32-35-23-21-34(22-24-35)31-44-27-25-38(26-28-44)49-42(46)43-40-19-11-10-18-39(40)36-15-7-6-8-16-36/h6-12,15-24,38H,4-5,13-14,25-33H2,1-3H3/p+1. The van der Waals surface area contributed by atoms with E-state index in [1.54, 1.807) is 7.11 Å². The summed E-state index contributed by atoms with van der Waals surface area (Å²) in [6.45, 7) is 6.34. The summed E-state index contributed by atoms with van der Waals surface area (Å²) in [5.74, 6) is 0.893. The third-order valence-corrected chi connectivity index (χ3v) is 9.35. The second-order valence-corrected chi connectivity index (χ2v) is 13.8. The van der Waals surface area contributed by atoms with Crippen LogP contribution in [-0.4, -0.2) is 69.0 Å². The summed E-state index contributed by atoms with van der Waals surface area (Å²) < 4.78 is 18.1. The molecule has 0 spiro atoms. The molecule has 1 heterocycles. The third-order valence-electron chi connectivity index (χ3n) is 9.35. The molecule has 0 aliphatic carbocycles. The summed E-state index contributed by atoms with van der Waals surface area (Å²) in [5.41, 5.74) is 6.63. The number of methoxy groups -OCH3 is 1. The van der Waals surface area contributed by atoms with Gasteiger partial charge in [0, 0.05) is 42.9 Å². The van der Waals surface area contributed by atoms with Gasteiger partial charge in [0.25, 0.3) is 0 Å². The highest BCUT2D eigenvalue weighted by molar-refractivity contribution is 5.91. The molecule has 7 heteroatoms. The van der Waals surface area contributed by atoms with E-state index < -0.39 is 0 Å². The summed E-state index contributed by atoms with van der Waals surface area (Å²) >= 11 is 0. The molecule has 1 fully saturated rings. The van der Waals surface area contributed by atoms with Crippen LogP contribution < -0.4 is 10.1 Å². The molecular formula is C42H54N3O4+. The Morgan fingerprint density at radius 3 is 2.24 bits per heavy atom. The number of anilines is 1. The summed E-state index contributed by atoms with van der Waals surface area (Å²) in [6.07, 6.45) is 5.97. The van der Waals surface area contributed by atoms with Crippen LogP contribution in [0.25, 0.3) is 11.1 Å². The van der Waals surface area contributed by atoms with Crippen molar-refractivity contribution in [1.29, 1.82) is 0 Å². The largest absolute Gasteiger partial charge is 0.496 e. The minimum absolute atomic E-state index is 0.0693. The fourth-order valence-corrected chi connectivity index (χ4v) is 6.62. The zero-order chi connectivity index (χ0) is 34.3. The average molecular weight is 665 g/mol. The molecule has 0 saturated carbocycles. The molecule has 4 aromatic rings. The smallest absolute Gasteiger partial charge is 0.411 e. The zero-order valence-corrected chi connectivity index (χ0v) is 29.6. The van der Waals surface area contributed by atoms with Gasteiger partial charge in [0.2, 0.25) is 0 Å². The Morgan fingerprint density at radius 2 is 1.47 bits per heavy atom. The summed E-state index contributed by atoms with van der Waals surface area (Å²) in [4.78, 5) is 15.3. The Morgan fingerprint density at radius 1 is 0.796 bits per heavy atom. The molecule has 0 atom stereocenters. The van der Waals surface area contributed by atoms with E-state index in [1.165, 1.54) is 36.9 Å². The zero-order valence-electron chi connectivity index (χ0n) is 29.6. The van der Waals surface area contributed by atoms with Crippen LogP contribution in [0.15, 0.2) is 103 Å². The number of carbonyl (C=O) groups is 1. The lowest BCUT2D eigenvalue weighted by Gasteiger charge is -2.32. The number of hydrogen-bond donors (Lipinski definition) is 1. The van der Waals surface area contributed by atoms with Crippen molar-refractivity contribution in [3.8, 4) is 16.9 Å². The number of para-hydroxylation sites is 2. The highest BCUT2D eigenvalue weighted by Crippen LogP contribution is 2.28. The van der Waals surface area contributed by atoms with E-state index in [1.807, 2.05) is 72.8 Å². The normalized spacial score (nSPS) is 14.0. The van der Waals surface area contributed by atoms with E-state index in [4.69, 9.17) is 14.2 Å². The monoisotopic (exact) mass is 664 g/mol. The third kappa shape index (κ3) is 11.7. The Labute approximate surface area is 293 Å². The molecule has 1 amide bonds. The lowest BCUT2D eigenvalue weighted by Crippen LogP contribution is -2.39. The average Bonchev–Trinajstić information content (AvgIpc) is 3.11. The minimum atomic E-state index is -0.385. The lowest BCUT2D eigenvalue weighted by molar-refractivity contribution is -0.903. The topological polar surface area (TPSA) is 60.0 Å². The molecule has 0 unspecified atom stereocenters. The summed E-state index contributed by atoms with van der Waals surface area (Å²) in [5, 5.41) is 2.98. The molecule has 0 aromatic heterocycles. The number of amides is 1. The summed E-state index contributed by atoms with van der Waals surface area (Å²) in [6, 6.07) is 35.1. The van der Waals surface area contributed by atoms with Gasteiger partial charge in [-0.3, -0.25) is 10.2 Å². The van der Waals surface area contributed by atoms with Gasteiger partial charge >= 0.3 is 6.09 Å². The molecule has 1 N–H and O–H groups in total. The summed E-state index contributed by atoms with van der Waals surface area (Å²) in [7, 11) is 6.37. The number of benzene rings is 4. The molecule has 49 heavy (non-hydrogen) atoms. The first-order valence-electron chi connectivity index (χ1n) is 17.8. The SMILES string of the molecule is COc1ccccc1COCCCCCC[N+](C)(C)Cc1ccc(CN2CCC(OC(=O)Nc3ccccc3-c3ccccc3)CC2)cc1. The number of likely N-dealkylation sites (tertiary alicyclic amines) is 1. The molecule has 4 aromatic carbocycles. The van der Waals surface area contributed by atoms with Crippen molar-refractivity contribution >= 4 is 11.8 Å². The quantitative estimate of drug-likeness (QED) is 0.0903. The van der Waals surface area contributed by atoms with E-state index in [0.29, 0.717) is 6.61 Å². The van der Waals surface area contributed by atoms with Crippen LogP contribution >= 0.6 is 0 Å². The molecule has 1 saturated heterocycles. The predicted octanol–water partition coefficient (Wildman–Crippen LogP) is 8.93. The highest BCUT2D eigenvalue weighted by atomic mass is 16.6. The van der Waals surface area contributed by atoms with Gasteiger partial charge in [-0.25, -0.2) is 4.79 Å². The van der Waals surface area contributed by atoms with Gasteiger partial charge in [-0.2, -0.15) is 0 Å². The van der Waals surface area contributed by atoms with E-state index in [-0.39, 0.29) is 12.2 Å². The van der Waals surface area contributed by atoms with Crippen LogP contribution in [-0.2, 0) is 29.2 Å². The maximum atomic E-state index is 12.8. The van der Waals surface area contributed by atoms with Crippen molar-refractivity contribution in [2.45, 2.75) is 64.3 Å².